The van der Waals surface area contributed by atoms with Crippen molar-refractivity contribution in [3.63, 3.8) is 0 Å². The van der Waals surface area contributed by atoms with Gasteiger partial charge >= 0.3 is 0 Å². The predicted octanol–water partition coefficient (Wildman–Crippen LogP) is 4.56. The lowest BCUT2D eigenvalue weighted by atomic mass is 10.0. The quantitative estimate of drug-likeness (QED) is 0.425. The number of nitrogens with one attached hydrogen (secondary N) is 1. The van der Waals surface area contributed by atoms with Crippen molar-refractivity contribution in [3.8, 4) is 28.3 Å². The van der Waals surface area contributed by atoms with E-state index in [0.717, 1.165) is 36.1 Å². The van der Waals surface area contributed by atoms with E-state index in [4.69, 9.17) is 19.3 Å². The molecule has 1 aromatic carbocycles. The predicted molar refractivity (Wildman–Crippen MR) is 127 cm³/mol. The molecule has 8 nitrogen and oxygen atoms in total. The topological polar surface area (TPSA) is 95.5 Å². The summed E-state index contributed by atoms with van der Waals surface area (Å²) in [5.74, 6) is -0.102. The Bertz CT molecular complexity index is 1290. The molecule has 8 heteroatoms. The largest absolute Gasteiger partial charge is 0.494 e. The number of rotatable bonds is 6. The number of pyridine rings is 3. The van der Waals surface area contributed by atoms with Crippen molar-refractivity contribution in [2.24, 2.45) is 0 Å². The van der Waals surface area contributed by atoms with Crippen molar-refractivity contribution in [2.45, 2.75) is 25.6 Å². The molecule has 1 amide bonds. The van der Waals surface area contributed by atoms with Crippen LogP contribution in [-0.4, -0.2) is 40.9 Å². The third-order valence-corrected chi connectivity index (χ3v) is 5.71. The van der Waals surface area contributed by atoms with Crippen LogP contribution in [0.2, 0.25) is 0 Å². The minimum Gasteiger partial charge on any atom is -0.494 e. The molecular formula is C26H24N4O4. The standard InChI is InChI=1S/C26H24N4O4/c1-32-25-23(26(31)30-34-22-7-3-5-15-33-22)19-16-27-14-12-21(19)29-24(25)18-10-8-17(9-11-18)20-6-2-4-13-28-20/h2,4,6,8-14,16,22H,3,5,7,15H2,1H3,(H,30,31). The molecule has 0 bridgehead atoms. The number of methoxy groups -OCH3 is 1. The highest BCUT2D eigenvalue weighted by Gasteiger charge is 2.24. The van der Waals surface area contributed by atoms with Gasteiger partial charge in [0.1, 0.15) is 5.69 Å². The van der Waals surface area contributed by atoms with Crippen LogP contribution in [0, 0.1) is 0 Å². The van der Waals surface area contributed by atoms with Crippen LogP contribution in [0.15, 0.2) is 67.1 Å². The number of fused-ring (bicyclic) bond motifs is 1. The summed E-state index contributed by atoms with van der Waals surface area (Å²) in [6.45, 7) is 0.616. The first-order chi connectivity index (χ1) is 16.7. The molecule has 1 saturated heterocycles. The molecule has 1 unspecified atom stereocenters. The number of hydrogen-bond acceptors (Lipinski definition) is 7. The number of amides is 1. The molecular weight excluding hydrogens is 432 g/mol. The Balaban J connectivity index is 1.53. The zero-order chi connectivity index (χ0) is 23.3. The maximum absolute atomic E-state index is 13.3. The van der Waals surface area contributed by atoms with Crippen LogP contribution in [0.25, 0.3) is 33.4 Å². The minimum atomic E-state index is -0.464. The summed E-state index contributed by atoms with van der Waals surface area (Å²) >= 11 is 0. The monoisotopic (exact) mass is 456 g/mol. The van der Waals surface area contributed by atoms with Crippen molar-refractivity contribution in [1.29, 1.82) is 0 Å². The van der Waals surface area contributed by atoms with E-state index in [-0.39, 0.29) is 0 Å². The molecule has 4 heterocycles. The summed E-state index contributed by atoms with van der Waals surface area (Å²) in [4.78, 5) is 32.2. The van der Waals surface area contributed by atoms with Crippen molar-refractivity contribution in [3.05, 3.63) is 72.7 Å². The van der Waals surface area contributed by atoms with Gasteiger partial charge < -0.3 is 9.47 Å². The highest BCUT2D eigenvalue weighted by molar-refractivity contribution is 6.09. The molecule has 0 spiro atoms. The third kappa shape index (κ3) is 4.46. The number of hydrogen-bond donors (Lipinski definition) is 1. The molecule has 34 heavy (non-hydrogen) atoms. The number of carbonyl (C=O) groups is 1. The van der Waals surface area contributed by atoms with Crippen molar-refractivity contribution in [1.82, 2.24) is 20.4 Å². The molecule has 5 rings (SSSR count). The van der Waals surface area contributed by atoms with Crippen LogP contribution < -0.4 is 10.2 Å². The van der Waals surface area contributed by atoms with Crippen LogP contribution in [0.5, 0.6) is 5.75 Å². The van der Waals surface area contributed by atoms with Gasteiger partial charge in [-0.25, -0.2) is 15.3 Å². The lowest BCUT2D eigenvalue weighted by Gasteiger charge is -2.22. The number of carbonyl (C=O) groups excluding carboxylic acids is 1. The van der Waals surface area contributed by atoms with Crippen LogP contribution in [0.1, 0.15) is 29.6 Å². The van der Waals surface area contributed by atoms with E-state index < -0.39 is 12.2 Å². The SMILES string of the molecule is COc1c(-c2ccc(-c3ccccn3)cc2)nc2ccncc2c1C(=O)NOC1CCCCO1. The fourth-order valence-electron chi connectivity index (χ4n) is 4.02. The van der Waals surface area contributed by atoms with Crippen LogP contribution in [-0.2, 0) is 9.57 Å². The summed E-state index contributed by atoms with van der Waals surface area (Å²) in [5, 5.41) is 0.568. The normalized spacial score (nSPS) is 15.7. The van der Waals surface area contributed by atoms with E-state index in [0.29, 0.717) is 34.5 Å². The molecule has 0 radical (unpaired) electrons. The van der Waals surface area contributed by atoms with E-state index in [1.807, 2.05) is 42.5 Å². The number of ether oxygens (including phenoxy) is 2. The molecule has 0 saturated carbocycles. The second-order valence-electron chi connectivity index (χ2n) is 7.90. The zero-order valence-corrected chi connectivity index (χ0v) is 18.7. The van der Waals surface area contributed by atoms with Crippen molar-refractivity contribution < 1.29 is 19.1 Å². The number of aromatic nitrogens is 3. The Morgan fingerprint density at radius 2 is 1.91 bits per heavy atom. The lowest BCUT2D eigenvalue weighted by molar-refractivity contribution is -0.186. The maximum atomic E-state index is 13.3. The smallest absolute Gasteiger partial charge is 0.279 e. The van der Waals surface area contributed by atoms with Gasteiger partial charge in [0, 0.05) is 48.1 Å². The Labute approximate surface area is 196 Å². The van der Waals surface area contributed by atoms with Gasteiger partial charge in [0.15, 0.2) is 12.0 Å². The number of nitrogens with zero attached hydrogens (tertiary/aromatic N) is 3. The molecule has 0 aliphatic carbocycles. The Kier molecular flexibility index (Phi) is 6.42. The van der Waals surface area contributed by atoms with Crippen LogP contribution in [0.4, 0.5) is 0 Å². The highest BCUT2D eigenvalue weighted by atomic mass is 16.8. The van der Waals surface area contributed by atoms with Gasteiger partial charge in [0.05, 0.1) is 23.9 Å². The third-order valence-electron chi connectivity index (χ3n) is 5.71. The Morgan fingerprint density at radius 3 is 2.65 bits per heavy atom. The number of hydroxylamine groups is 1. The first-order valence-corrected chi connectivity index (χ1v) is 11.2. The zero-order valence-electron chi connectivity index (χ0n) is 18.7. The summed E-state index contributed by atoms with van der Waals surface area (Å²) in [7, 11) is 1.52. The molecule has 1 atom stereocenters. The summed E-state index contributed by atoms with van der Waals surface area (Å²) in [6, 6.07) is 15.4. The lowest BCUT2D eigenvalue weighted by Crippen LogP contribution is -2.33. The van der Waals surface area contributed by atoms with E-state index in [9.17, 15) is 4.79 Å². The Hall–Kier alpha value is -3.88. The van der Waals surface area contributed by atoms with E-state index in [1.54, 1.807) is 24.7 Å². The minimum absolute atomic E-state index is 0.306. The van der Waals surface area contributed by atoms with Gasteiger partial charge in [0.25, 0.3) is 5.91 Å². The molecule has 1 aliphatic rings. The summed E-state index contributed by atoms with van der Waals surface area (Å²) < 4.78 is 11.3. The average Bonchev–Trinajstić information content (AvgIpc) is 2.91. The van der Waals surface area contributed by atoms with Gasteiger partial charge in [-0.2, -0.15) is 0 Å². The second kappa shape index (κ2) is 9.94. The van der Waals surface area contributed by atoms with Gasteiger partial charge in [-0.05, 0) is 31.0 Å². The van der Waals surface area contributed by atoms with Gasteiger partial charge in [0.2, 0.25) is 0 Å². The van der Waals surface area contributed by atoms with Crippen molar-refractivity contribution in [2.75, 3.05) is 13.7 Å². The first-order valence-electron chi connectivity index (χ1n) is 11.2. The molecule has 172 valence electrons. The summed E-state index contributed by atoms with van der Waals surface area (Å²) in [5.41, 5.74) is 6.68. The first kappa shape index (κ1) is 21.9. The molecule has 1 fully saturated rings. The maximum Gasteiger partial charge on any atom is 0.279 e. The molecule has 1 N–H and O–H groups in total. The second-order valence-corrected chi connectivity index (χ2v) is 7.90. The highest BCUT2D eigenvalue weighted by Crippen LogP contribution is 2.36. The van der Waals surface area contributed by atoms with E-state index >= 15 is 0 Å². The molecule has 1 aliphatic heterocycles. The fraction of sp³-hybridized carbons (Fsp3) is 0.231. The van der Waals surface area contributed by atoms with Crippen LogP contribution >= 0.6 is 0 Å². The Morgan fingerprint density at radius 1 is 1.06 bits per heavy atom. The van der Waals surface area contributed by atoms with E-state index in [1.165, 1.54) is 7.11 Å². The fourth-order valence-corrected chi connectivity index (χ4v) is 4.02. The van der Waals surface area contributed by atoms with Gasteiger partial charge in [-0.1, -0.05) is 30.3 Å². The number of benzene rings is 1. The van der Waals surface area contributed by atoms with Crippen LogP contribution in [0.3, 0.4) is 0 Å². The van der Waals surface area contributed by atoms with Gasteiger partial charge in [-0.15, -0.1) is 0 Å². The van der Waals surface area contributed by atoms with E-state index in [2.05, 4.69) is 15.4 Å². The van der Waals surface area contributed by atoms with Gasteiger partial charge in [-0.3, -0.25) is 14.8 Å². The van der Waals surface area contributed by atoms with Crippen molar-refractivity contribution >= 4 is 16.8 Å². The molecule has 4 aromatic rings. The summed E-state index contributed by atoms with van der Waals surface area (Å²) in [6.07, 6.45) is 7.25. The molecule has 3 aromatic heterocycles. The average molecular weight is 457 g/mol.